The van der Waals surface area contributed by atoms with Gasteiger partial charge in [-0.2, -0.15) is 9.61 Å². The van der Waals surface area contributed by atoms with Gasteiger partial charge in [0.2, 0.25) is 0 Å². The third-order valence-corrected chi connectivity index (χ3v) is 4.72. The van der Waals surface area contributed by atoms with Crippen molar-refractivity contribution in [2.75, 3.05) is 5.32 Å². The van der Waals surface area contributed by atoms with Crippen LogP contribution in [0, 0.1) is 0 Å². The van der Waals surface area contributed by atoms with Gasteiger partial charge >= 0.3 is 5.97 Å². The molecule has 3 heterocycles. The number of nitrogens with one attached hydrogen (secondary N) is 1. The van der Waals surface area contributed by atoms with E-state index in [2.05, 4.69) is 21.5 Å². The molecule has 4 rings (SSSR count). The molecule has 0 radical (unpaired) electrons. The molecular weight excluding hydrogens is 336 g/mol. The fourth-order valence-corrected chi connectivity index (χ4v) is 3.28. The smallest absolute Gasteiger partial charge is 0.335 e. The maximum absolute atomic E-state index is 11.2. The van der Waals surface area contributed by atoms with E-state index < -0.39 is 5.97 Å². The summed E-state index contributed by atoms with van der Waals surface area (Å²) in [4.78, 5) is 16.8. The average Bonchev–Trinajstić information content (AvgIpc) is 3.30. The monoisotopic (exact) mass is 350 g/mol. The van der Waals surface area contributed by atoms with Crippen molar-refractivity contribution in [1.29, 1.82) is 0 Å². The molecule has 3 aromatic heterocycles. The number of rotatable bonds is 5. The molecule has 0 aliphatic heterocycles. The highest BCUT2D eigenvalue weighted by Crippen LogP contribution is 2.26. The van der Waals surface area contributed by atoms with Crippen LogP contribution in [0.25, 0.3) is 16.8 Å². The van der Waals surface area contributed by atoms with Gasteiger partial charge in [-0.05, 0) is 35.2 Å². The summed E-state index contributed by atoms with van der Waals surface area (Å²) in [6.07, 6.45) is 3.43. The molecule has 0 aliphatic carbocycles. The quantitative estimate of drug-likeness (QED) is 0.573. The first-order valence-corrected chi connectivity index (χ1v) is 8.53. The van der Waals surface area contributed by atoms with Crippen LogP contribution in [0.4, 0.5) is 5.82 Å². The summed E-state index contributed by atoms with van der Waals surface area (Å²) in [6, 6.07) is 12.7. The Balaban J connectivity index is 1.71. The van der Waals surface area contributed by atoms with Gasteiger partial charge in [-0.3, -0.25) is 0 Å². The van der Waals surface area contributed by atoms with Gasteiger partial charge in [-0.15, -0.1) is 11.3 Å². The second-order valence-electron chi connectivity index (χ2n) is 5.44. The first-order valence-electron chi connectivity index (χ1n) is 7.65. The first-order chi connectivity index (χ1) is 12.2. The van der Waals surface area contributed by atoms with Gasteiger partial charge in [0.25, 0.3) is 0 Å². The Morgan fingerprint density at radius 1 is 1.24 bits per heavy atom. The van der Waals surface area contributed by atoms with E-state index >= 15 is 0 Å². The third kappa shape index (κ3) is 2.97. The van der Waals surface area contributed by atoms with Crippen molar-refractivity contribution in [3.63, 3.8) is 0 Å². The number of benzene rings is 1. The first kappa shape index (κ1) is 15.3. The van der Waals surface area contributed by atoms with Gasteiger partial charge in [0.1, 0.15) is 5.82 Å². The van der Waals surface area contributed by atoms with Crippen LogP contribution in [-0.4, -0.2) is 25.7 Å². The second kappa shape index (κ2) is 6.37. The highest BCUT2D eigenvalue weighted by Gasteiger charge is 2.12. The number of hydrogen-bond donors (Lipinski definition) is 2. The molecule has 0 bridgehead atoms. The summed E-state index contributed by atoms with van der Waals surface area (Å²) in [5, 5.41) is 19.0. The lowest BCUT2D eigenvalue weighted by atomic mass is 10.1. The van der Waals surface area contributed by atoms with Gasteiger partial charge in [-0.25, -0.2) is 9.78 Å². The summed E-state index contributed by atoms with van der Waals surface area (Å²) in [5.74, 6) is -0.122. The minimum Gasteiger partial charge on any atom is -0.478 e. The Kier molecular flexibility index (Phi) is 3.91. The Bertz CT molecular complexity index is 1040. The van der Waals surface area contributed by atoms with E-state index in [1.807, 2.05) is 23.6 Å². The lowest BCUT2D eigenvalue weighted by Gasteiger charge is -2.07. The van der Waals surface area contributed by atoms with E-state index in [1.54, 1.807) is 46.4 Å². The van der Waals surface area contributed by atoms with Crippen LogP contribution in [0.3, 0.4) is 0 Å². The predicted molar refractivity (Wildman–Crippen MR) is 97.0 cm³/mol. The number of nitrogens with zero attached hydrogens (tertiary/aromatic N) is 3. The summed E-state index contributed by atoms with van der Waals surface area (Å²) < 4.78 is 1.73. The van der Waals surface area contributed by atoms with E-state index in [1.165, 1.54) is 4.88 Å². The molecule has 2 N–H and O–H groups in total. The average molecular weight is 350 g/mol. The van der Waals surface area contributed by atoms with Gasteiger partial charge in [-0.1, -0.05) is 18.2 Å². The molecule has 6 nitrogen and oxygen atoms in total. The van der Waals surface area contributed by atoms with E-state index in [0.29, 0.717) is 12.2 Å². The number of fused-ring (bicyclic) bond motifs is 1. The Morgan fingerprint density at radius 2 is 2.16 bits per heavy atom. The molecule has 7 heteroatoms. The fraction of sp³-hybridized carbons (Fsp3) is 0.0556. The second-order valence-corrected chi connectivity index (χ2v) is 6.47. The van der Waals surface area contributed by atoms with Crippen LogP contribution in [0.5, 0.6) is 0 Å². The minimum atomic E-state index is -0.954. The van der Waals surface area contributed by atoms with E-state index in [4.69, 9.17) is 0 Å². The number of hydrogen-bond acceptors (Lipinski definition) is 5. The molecule has 0 atom stereocenters. The van der Waals surface area contributed by atoms with Crippen molar-refractivity contribution in [2.24, 2.45) is 0 Å². The lowest BCUT2D eigenvalue weighted by molar-refractivity contribution is 0.0697. The number of anilines is 1. The zero-order valence-corrected chi connectivity index (χ0v) is 13.9. The van der Waals surface area contributed by atoms with Gasteiger partial charge in [0.15, 0.2) is 5.65 Å². The van der Waals surface area contributed by atoms with Gasteiger partial charge in [0, 0.05) is 16.6 Å². The molecule has 0 spiro atoms. The van der Waals surface area contributed by atoms with Crippen molar-refractivity contribution in [3.05, 3.63) is 70.7 Å². The highest BCUT2D eigenvalue weighted by molar-refractivity contribution is 7.09. The molecule has 0 unspecified atom stereocenters. The Morgan fingerprint density at radius 3 is 2.96 bits per heavy atom. The highest BCUT2D eigenvalue weighted by atomic mass is 32.1. The minimum absolute atomic E-state index is 0.240. The lowest BCUT2D eigenvalue weighted by Crippen LogP contribution is -2.04. The summed E-state index contributed by atoms with van der Waals surface area (Å²) in [5.41, 5.74) is 2.49. The van der Waals surface area contributed by atoms with Crippen LogP contribution in [0.15, 0.2) is 60.2 Å². The third-order valence-electron chi connectivity index (χ3n) is 3.85. The van der Waals surface area contributed by atoms with Crippen molar-refractivity contribution >= 4 is 28.8 Å². The number of aromatic nitrogens is 3. The van der Waals surface area contributed by atoms with Crippen LogP contribution in [0.1, 0.15) is 15.2 Å². The van der Waals surface area contributed by atoms with E-state index in [9.17, 15) is 9.90 Å². The van der Waals surface area contributed by atoms with Crippen LogP contribution < -0.4 is 5.32 Å². The number of carbonyl (C=O) groups is 1. The largest absolute Gasteiger partial charge is 0.478 e. The predicted octanol–water partition coefficient (Wildman–Crippen LogP) is 3.77. The molecule has 4 aromatic rings. The Labute approximate surface area is 147 Å². The van der Waals surface area contributed by atoms with Crippen molar-refractivity contribution in [3.8, 4) is 11.1 Å². The van der Waals surface area contributed by atoms with Gasteiger partial charge < -0.3 is 10.4 Å². The van der Waals surface area contributed by atoms with Crippen LogP contribution in [-0.2, 0) is 6.54 Å². The summed E-state index contributed by atoms with van der Waals surface area (Å²) >= 11 is 1.69. The summed E-state index contributed by atoms with van der Waals surface area (Å²) in [7, 11) is 0. The number of carboxylic acids is 1. The van der Waals surface area contributed by atoms with Crippen LogP contribution >= 0.6 is 11.3 Å². The van der Waals surface area contributed by atoms with E-state index in [-0.39, 0.29) is 5.56 Å². The zero-order valence-electron chi connectivity index (χ0n) is 13.1. The summed E-state index contributed by atoms with van der Waals surface area (Å²) in [6.45, 7) is 0.709. The molecule has 0 saturated heterocycles. The fourth-order valence-electron chi connectivity index (χ4n) is 2.64. The molecule has 0 saturated carbocycles. The molecular formula is C18H14N4O2S. The number of carboxylic acid groups (broad SMARTS) is 1. The molecule has 1 aromatic carbocycles. The maximum atomic E-state index is 11.2. The topological polar surface area (TPSA) is 79.5 Å². The van der Waals surface area contributed by atoms with Crippen molar-refractivity contribution < 1.29 is 9.90 Å². The number of thiophene rings is 1. The normalized spacial score (nSPS) is 10.9. The standard InChI is InChI=1S/C18H14N4O2S/c23-18(24)13-4-1-3-12(9-13)15-11-21-22-16(6-7-19-17(15)22)20-10-14-5-2-8-25-14/h1-9,11,20H,10H2,(H,23,24). The maximum Gasteiger partial charge on any atom is 0.335 e. The molecule has 0 fully saturated rings. The molecule has 124 valence electrons. The molecule has 25 heavy (non-hydrogen) atoms. The van der Waals surface area contributed by atoms with Crippen molar-refractivity contribution in [1.82, 2.24) is 14.6 Å². The van der Waals surface area contributed by atoms with Crippen LogP contribution in [0.2, 0.25) is 0 Å². The molecule has 0 amide bonds. The molecule has 0 aliphatic rings. The number of aromatic carboxylic acids is 1. The SMILES string of the molecule is O=C(O)c1cccc(-c2cnn3c(NCc4cccs4)ccnc23)c1. The Hall–Kier alpha value is -3.19. The van der Waals surface area contributed by atoms with Gasteiger partial charge in [0.05, 0.1) is 18.3 Å². The van der Waals surface area contributed by atoms with Crippen molar-refractivity contribution in [2.45, 2.75) is 6.54 Å². The zero-order chi connectivity index (χ0) is 17.2. The van der Waals surface area contributed by atoms with E-state index in [0.717, 1.165) is 16.9 Å².